The Bertz CT molecular complexity index is 259. The summed E-state index contributed by atoms with van der Waals surface area (Å²) in [6, 6.07) is 0. The van der Waals surface area contributed by atoms with Crippen LogP contribution in [0.25, 0.3) is 0 Å². The van der Waals surface area contributed by atoms with Crippen LogP contribution in [0.3, 0.4) is 0 Å². The molecular formula is C10H12ClF. The second-order valence-electron chi connectivity index (χ2n) is 2.95. The SMILES string of the molecule is CC1=C(F)CC=C(C(C)Cl)C=C1. The molecule has 0 N–H and O–H groups in total. The van der Waals surface area contributed by atoms with Crippen LogP contribution in [0.1, 0.15) is 20.3 Å². The van der Waals surface area contributed by atoms with Gasteiger partial charge in [0.2, 0.25) is 0 Å². The Morgan fingerprint density at radius 1 is 1.50 bits per heavy atom. The summed E-state index contributed by atoms with van der Waals surface area (Å²) >= 11 is 5.86. The van der Waals surface area contributed by atoms with Crippen molar-refractivity contribution >= 4 is 11.6 Å². The summed E-state index contributed by atoms with van der Waals surface area (Å²) in [5.41, 5.74) is 1.68. The molecule has 0 nitrogen and oxygen atoms in total. The van der Waals surface area contributed by atoms with Crippen molar-refractivity contribution in [2.45, 2.75) is 25.6 Å². The summed E-state index contributed by atoms with van der Waals surface area (Å²) in [4.78, 5) is 0. The first-order valence-corrected chi connectivity index (χ1v) is 4.42. The molecule has 0 saturated heterocycles. The van der Waals surface area contributed by atoms with Gasteiger partial charge in [-0.05, 0) is 25.0 Å². The Balaban J connectivity index is 2.85. The van der Waals surface area contributed by atoms with Gasteiger partial charge in [-0.2, -0.15) is 0 Å². The third-order valence-corrected chi connectivity index (χ3v) is 2.18. The summed E-state index contributed by atoms with van der Waals surface area (Å²) in [5.74, 6) is -0.0708. The zero-order valence-corrected chi connectivity index (χ0v) is 8.03. The highest BCUT2D eigenvalue weighted by atomic mass is 35.5. The van der Waals surface area contributed by atoms with Crippen molar-refractivity contribution in [2.24, 2.45) is 0 Å². The van der Waals surface area contributed by atoms with Gasteiger partial charge in [0.1, 0.15) is 5.83 Å². The topological polar surface area (TPSA) is 0 Å². The Kier molecular flexibility index (Phi) is 3.10. The molecule has 0 aliphatic heterocycles. The molecule has 66 valence electrons. The van der Waals surface area contributed by atoms with Crippen molar-refractivity contribution in [2.75, 3.05) is 0 Å². The third kappa shape index (κ3) is 2.21. The standard InChI is InChI=1S/C10H12ClF/c1-7-3-4-9(8(2)11)5-6-10(7)12/h3-5,8H,6H2,1-2H3. The zero-order chi connectivity index (χ0) is 9.14. The highest BCUT2D eigenvalue weighted by Gasteiger charge is 2.06. The van der Waals surface area contributed by atoms with Crippen LogP contribution in [0, 0.1) is 0 Å². The molecule has 1 aliphatic rings. The number of hydrogen-bond acceptors (Lipinski definition) is 0. The maximum absolute atomic E-state index is 13.0. The lowest BCUT2D eigenvalue weighted by Gasteiger charge is -2.01. The predicted octanol–water partition coefficient (Wildman–Crippen LogP) is 3.74. The molecule has 1 aliphatic carbocycles. The molecule has 12 heavy (non-hydrogen) atoms. The quantitative estimate of drug-likeness (QED) is 0.548. The molecular weight excluding hydrogens is 175 g/mol. The van der Waals surface area contributed by atoms with Crippen molar-refractivity contribution in [3.8, 4) is 0 Å². The minimum absolute atomic E-state index is 0.0417. The Morgan fingerprint density at radius 3 is 2.75 bits per heavy atom. The molecule has 0 radical (unpaired) electrons. The van der Waals surface area contributed by atoms with Crippen molar-refractivity contribution in [1.29, 1.82) is 0 Å². The van der Waals surface area contributed by atoms with Crippen LogP contribution >= 0.6 is 11.6 Å². The van der Waals surface area contributed by atoms with Crippen LogP contribution in [0.4, 0.5) is 4.39 Å². The van der Waals surface area contributed by atoms with Gasteiger partial charge < -0.3 is 0 Å². The van der Waals surface area contributed by atoms with Gasteiger partial charge in [-0.3, -0.25) is 0 Å². The van der Waals surface area contributed by atoms with Gasteiger partial charge in [-0.15, -0.1) is 11.6 Å². The summed E-state index contributed by atoms with van der Waals surface area (Å²) < 4.78 is 13.0. The van der Waals surface area contributed by atoms with Gasteiger partial charge in [0, 0.05) is 6.42 Å². The van der Waals surface area contributed by atoms with Crippen molar-refractivity contribution in [3.63, 3.8) is 0 Å². The molecule has 1 atom stereocenters. The van der Waals surface area contributed by atoms with Crippen LogP contribution in [-0.2, 0) is 0 Å². The van der Waals surface area contributed by atoms with E-state index in [9.17, 15) is 4.39 Å². The van der Waals surface area contributed by atoms with Gasteiger partial charge in [0.15, 0.2) is 0 Å². The van der Waals surface area contributed by atoms with E-state index in [0.29, 0.717) is 12.0 Å². The second kappa shape index (κ2) is 3.90. The number of halogens is 2. The smallest absolute Gasteiger partial charge is 0.107 e. The average Bonchev–Trinajstić information content (AvgIpc) is 2.16. The normalized spacial score (nSPS) is 20.5. The van der Waals surface area contributed by atoms with Crippen molar-refractivity contribution < 1.29 is 4.39 Å². The molecule has 0 aromatic rings. The van der Waals surface area contributed by atoms with Crippen molar-refractivity contribution in [1.82, 2.24) is 0 Å². The zero-order valence-electron chi connectivity index (χ0n) is 7.27. The fraction of sp³-hybridized carbons (Fsp3) is 0.400. The van der Waals surface area contributed by atoms with Crippen LogP contribution < -0.4 is 0 Å². The molecule has 0 bridgehead atoms. The number of hydrogen-bond donors (Lipinski definition) is 0. The largest absolute Gasteiger partial charge is 0.211 e. The summed E-state index contributed by atoms with van der Waals surface area (Å²) in [6.45, 7) is 3.65. The maximum atomic E-state index is 13.0. The first kappa shape index (κ1) is 9.53. The van der Waals surface area contributed by atoms with Gasteiger partial charge in [-0.1, -0.05) is 18.2 Å². The molecule has 0 saturated carbocycles. The summed E-state index contributed by atoms with van der Waals surface area (Å²) in [6.07, 6.45) is 5.85. The Labute approximate surface area is 77.4 Å². The molecule has 0 fully saturated rings. The highest BCUT2D eigenvalue weighted by Crippen LogP contribution is 2.21. The lowest BCUT2D eigenvalue weighted by molar-refractivity contribution is 0.609. The van der Waals surface area contributed by atoms with E-state index in [2.05, 4.69) is 0 Å². The fourth-order valence-corrected chi connectivity index (χ4v) is 1.20. The van der Waals surface area contributed by atoms with Crippen LogP contribution in [0.2, 0.25) is 0 Å². The van der Waals surface area contributed by atoms with E-state index in [0.717, 1.165) is 5.57 Å². The molecule has 1 rings (SSSR count). The van der Waals surface area contributed by atoms with E-state index < -0.39 is 0 Å². The first-order chi connectivity index (χ1) is 5.61. The summed E-state index contributed by atoms with van der Waals surface area (Å²) in [5, 5.41) is -0.0417. The molecule has 1 unspecified atom stereocenters. The van der Waals surface area contributed by atoms with Crippen molar-refractivity contribution in [3.05, 3.63) is 35.2 Å². The first-order valence-electron chi connectivity index (χ1n) is 3.98. The van der Waals surface area contributed by atoms with Crippen LogP contribution in [0.15, 0.2) is 35.2 Å². The maximum Gasteiger partial charge on any atom is 0.107 e. The average molecular weight is 187 g/mol. The number of allylic oxidation sites excluding steroid dienone is 6. The van der Waals surface area contributed by atoms with Crippen LogP contribution in [-0.4, -0.2) is 5.38 Å². The molecule has 0 aromatic heterocycles. The van der Waals surface area contributed by atoms with Gasteiger partial charge in [-0.25, -0.2) is 4.39 Å². The van der Waals surface area contributed by atoms with Gasteiger partial charge in [0.25, 0.3) is 0 Å². The van der Waals surface area contributed by atoms with Gasteiger partial charge >= 0.3 is 0 Å². The Hall–Kier alpha value is -0.560. The monoisotopic (exact) mass is 186 g/mol. The third-order valence-electron chi connectivity index (χ3n) is 1.93. The number of rotatable bonds is 1. The summed E-state index contributed by atoms with van der Waals surface area (Å²) in [7, 11) is 0. The van der Waals surface area contributed by atoms with E-state index in [4.69, 9.17) is 11.6 Å². The molecule has 0 aromatic carbocycles. The van der Waals surface area contributed by atoms with Crippen LogP contribution in [0.5, 0.6) is 0 Å². The Morgan fingerprint density at radius 2 is 2.17 bits per heavy atom. The van der Waals surface area contributed by atoms with E-state index in [1.165, 1.54) is 0 Å². The lowest BCUT2D eigenvalue weighted by atomic mass is 10.1. The van der Waals surface area contributed by atoms with E-state index in [1.807, 2.05) is 19.1 Å². The highest BCUT2D eigenvalue weighted by molar-refractivity contribution is 6.22. The van der Waals surface area contributed by atoms with Gasteiger partial charge in [0.05, 0.1) is 5.38 Å². The van der Waals surface area contributed by atoms with E-state index in [1.54, 1.807) is 13.0 Å². The minimum atomic E-state index is -0.0708. The molecule has 0 amide bonds. The lowest BCUT2D eigenvalue weighted by Crippen LogP contribution is -1.92. The molecule has 0 spiro atoms. The number of alkyl halides is 1. The minimum Gasteiger partial charge on any atom is -0.211 e. The fourth-order valence-electron chi connectivity index (χ4n) is 1.04. The second-order valence-corrected chi connectivity index (χ2v) is 3.60. The molecule has 0 heterocycles. The predicted molar refractivity (Wildman–Crippen MR) is 51.0 cm³/mol. The molecule has 2 heteroatoms. The van der Waals surface area contributed by atoms with E-state index >= 15 is 0 Å². The van der Waals surface area contributed by atoms with E-state index in [-0.39, 0.29) is 11.2 Å².